The fourth-order valence-electron chi connectivity index (χ4n) is 0.433. The third-order valence-corrected chi connectivity index (χ3v) is 2.79. The lowest BCUT2D eigenvalue weighted by molar-refractivity contribution is 1.15. The second-order valence-electron chi connectivity index (χ2n) is 1.62. The molecule has 10 heavy (non-hydrogen) atoms. The standard InChI is InChI=1S/C6H8N2S2/c1-2-5(7)10-6-8-3-4-9-6/h2-5H,1,7H2. The van der Waals surface area contributed by atoms with Crippen LogP contribution >= 0.6 is 23.1 Å². The van der Waals surface area contributed by atoms with Gasteiger partial charge in [0.1, 0.15) is 0 Å². The van der Waals surface area contributed by atoms with Gasteiger partial charge in [0.15, 0.2) is 4.34 Å². The molecule has 0 bridgehead atoms. The Morgan fingerprint density at radius 3 is 3.20 bits per heavy atom. The molecule has 4 heteroatoms. The third kappa shape index (κ3) is 2.13. The van der Waals surface area contributed by atoms with Crippen LogP contribution in [0.2, 0.25) is 0 Å². The summed E-state index contributed by atoms with van der Waals surface area (Å²) in [5.41, 5.74) is 5.58. The van der Waals surface area contributed by atoms with Crippen molar-refractivity contribution in [1.29, 1.82) is 0 Å². The molecule has 1 unspecified atom stereocenters. The van der Waals surface area contributed by atoms with Gasteiger partial charge in [-0.15, -0.1) is 17.9 Å². The number of thiazole rings is 1. The zero-order valence-corrected chi connectivity index (χ0v) is 6.99. The molecule has 1 aromatic rings. The first-order valence-electron chi connectivity index (χ1n) is 2.77. The molecule has 0 aliphatic heterocycles. The Kier molecular flexibility index (Phi) is 2.92. The van der Waals surface area contributed by atoms with Crippen molar-refractivity contribution >= 4 is 23.1 Å². The predicted octanol–water partition coefficient (Wildman–Crippen LogP) is 1.71. The van der Waals surface area contributed by atoms with Gasteiger partial charge < -0.3 is 5.73 Å². The van der Waals surface area contributed by atoms with E-state index in [-0.39, 0.29) is 5.37 Å². The molecule has 0 radical (unpaired) electrons. The maximum absolute atomic E-state index is 5.58. The number of nitrogens with zero attached hydrogens (tertiary/aromatic N) is 1. The van der Waals surface area contributed by atoms with Gasteiger partial charge in [-0.25, -0.2) is 4.98 Å². The summed E-state index contributed by atoms with van der Waals surface area (Å²) in [5, 5.41) is 1.89. The van der Waals surface area contributed by atoms with Gasteiger partial charge in [-0.3, -0.25) is 0 Å². The number of thioether (sulfide) groups is 1. The topological polar surface area (TPSA) is 38.9 Å². The fraction of sp³-hybridized carbons (Fsp3) is 0.167. The van der Waals surface area contributed by atoms with E-state index >= 15 is 0 Å². The van der Waals surface area contributed by atoms with Crippen molar-refractivity contribution in [2.24, 2.45) is 5.73 Å². The highest BCUT2D eigenvalue weighted by Gasteiger charge is 2.00. The smallest absolute Gasteiger partial charge is 0.151 e. The second-order valence-corrected chi connectivity index (χ2v) is 3.94. The summed E-state index contributed by atoms with van der Waals surface area (Å²) in [6.07, 6.45) is 3.47. The first kappa shape index (κ1) is 7.78. The van der Waals surface area contributed by atoms with Crippen LogP contribution in [-0.4, -0.2) is 10.4 Å². The molecule has 0 aromatic carbocycles. The average molecular weight is 172 g/mol. The van der Waals surface area contributed by atoms with Gasteiger partial charge in [-0.2, -0.15) is 0 Å². The first-order valence-corrected chi connectivity index (χ1v) is 4.53. The van der Waals surface area contributed by atoms with E-state index in [0.29, 0.717) is 0 Å². The van der Waals surface area contributed by atoms with E-state index in [0.717, 1.165) is 4.34 Å². The molecule has 0 aliphatic rings. The summed E-state index contributed by atoms with van der Waals surface area (Å²) in [6.45, 7) is 3.57. The van der Waals surface area contributed by atoms with Gasteiger partial charge in [0.25, 0.3) is 0 Å². The van der Waals surface area contributed by atoms with Crippen LogP contribution in [0.25, 0.3) is 0 Å². The highest BCUT2D eigenvalue weighted by atomic mass is 32.2. The Hall–Kier alpha value is -0.320. The minimum atomic E-state index is -0.0360. The summed E-state index contributed by atoms with van der Waals surface area (Å²) >= 11 is 3.11. The molecular formula is C6H8N2S2. The molecule has 1 rings (SSSR count). The molecule has 0 fully saturated rings. The van der Waals surface area contributed by atoms with Crippen molar-refractivity contribution in [3.63, 3.8) is 0 Å². The van der Waals surface area contributed by atoms with Crippen LogP contribution in [0, 0.1) is 0 Å². The van der Waals surface area contributed by atoms with Gasteiger partial charge in [-0.05, 0) is 0 Å². The molecule has 1 atom stereocenters. The quantitative estimate of drug-likeness (QED) is 0.428. The molecule has 54 valence electrons. The van der Waals surface area contributed by atoms with E-state index in [4.69, 9.17) is 5.73 Å². The molecule has 0 spiro atoms. The molecule has 0 saturated carbocycles. The highest BCUT2D eigenvalue weighted by molar-refractivity contribution is 8.01. The average Bonchev–Trinajstić information content (AvgIpc) is 2.40. The van der Waals surface area contributed by atoms with Crippen LogP contribution in [0.1, 0.15) is 0 Å². The predicted molar refractivity (Wildman–Crippen MR) is 46.1 cm³/mol. The van der Waals surface area contributed by atoms with E-state index in [1.807, 2.05) is 5.38 Å². The molecule has 2 nitrogen and oxygen atoms in total. The fourth-order valence-corrected chi connectivity index (χ4v) is 1.97. The lowest BCUT2D eigenvalue weighted by Gasteiger charge is -1.99. The van der Waals surface area contributed by atoms with Crippen molar-refractivity contribution in [3.8, 4) is 0 Å². The largest absolute Gasteiger partial charge is 0.316 e. The number of hydrogen-bond acceptors (Lipinski definition) is 4. The minimum absolute atomic E-state index is 0.0360. The van der Waals surface area contributed by atoms with Crippen LogP contribution in [0.5, 0.6) is 0 Å². The molecular weight excluding hydrogens is 164 g/mol. The van der Waals surface area contributed by atoms with Crippen LogP contribution in [0.4, 0.5) is 0 Å². The zero-order chi connectivity index (χ0) is 7.40. The number of rotatable bonds is 3. The Balaban J connectivity index is 2.47. The van der Waals surface area contributed by atoms with Crippen LogP contribution in [0.3, 0.4) is 0 Å². The second kappa shape index (κ2) is 3.75. The third-order valence-electron chi connectivity index (χ3n) is 0.879. The molecule has 0 amide bonds. The minimum Gasteiger partial charge on any atom is -0.316 e. The van der Waals surface area contributed by atoms with E-state index in [1.165, 1.54) is 11.8 Å². The number of nitrogens with two attached hydrogens (primary N) is 1. The van der Waals surface area contributed by atoms with E-state index in [2.05, 4.69) is 11.6 Å². The highest BCUT2D eigenvalue weighted by Crippen LogP contribution is 2.22. The summed E-state index contributed by atoms with van der Waals surface area (Å²) in [6, 6.07) is 0. The monoisotopic (exact) mass is 172 g/mol. The van der Waals surface area contributed by atoms with Crippen molar-refractivity contribution in [1.82, 2.24) is 4.98 Å². The van der Waals surface area contributed by atoms with Crippen molar-refractivity contribution < 1.29 is 0 Å². The number of hydrogen-bond donors (Lipinski definition) is 1. The molecule has 1 heterocycles. The normalized spacial score (nSPS) is 12.9. The Bertz CT molecular complexity index is 196. The lowest BCUT2D eigenvalue weighted by atomic mass is 10.7. The van der Waals surface area contributed by atoms with Crippen molar-refractivity contribution in [3.05, 3.63) is 24.2 Å². The number of aromatic nitrogens is 1. The zero-order valence-electron chi connectivity index (χ0n) is 5.36. The summed E-state index contributed by atoms with van der Waals surface area (Å²) < 4.78 is 0.993. The molecule has 0 saturated heterocycles. The Morgan fingerprint density at radius 2 is 2.70 bits per heavy atom. The van der Waals surface area contributed by atoms with Crippen molar-refractivity contribution in [2.75, 3.05) is 0 Å². The van der Waals surface area contributed by atoms with E-state index < -0.39 is 0 Å². The van der Waals surface area contributed by atoms with Gasteiger partial charge in [0, 0.05) is 11.6 Å². The van der Waals surface area contributed by atoms with Crippen LogP contribution < -0.4 is 5.73 Å². The van der Waals surface area contributed by atoms with Gasteiger partial charge in [0.2, 0.25) is 0 Å². The van der Waals surface area contributed by atoms with Crippen LogP contribution in [0.15, 0.2) is 28.6 Å². The molecule has 1 aromatic heterocycles. The first-order chi connectivity index (χ1) is 4.83. The molecule has 0 aliphatic carbocycles. The summed E-state index contributed by atoms with van der Waals surface area (Å²) in [4.78, 5) is 4.06. The van der Waals surface area contributed by atoms with Gasteiger partial charge in [-0.1, -0.05) is 17.8 Å². The van der Waals surface area contributed by atoms with Crippen LogP contribution in [-0.2, 0) is 0 Å². The van der Waals surface area contributed by atoms with Gasteiger partial charge >= 0.3 is 0 Å². The molecule has 2 N–H and O–H groups in total. The van der Waals surface area contributed by atoms with E-state index in [9.17, 15) is 0 Å². The SMILES string of the molecule is C=CC(N)Sc1nccs1. The Labute approximate surface area is 68.2 Å². The summed E-state index contributed by atoms with van der Waals surface area (Å²) in [5.74, 6) is 0. The van der Waals surface area contributed by atoms with Crippen molar-refractivity contribution in [2.45, 2.75) is 9.71 Å². The lowest BCUT2D eigenvalue weighted by Crippen LogP contribution is -2.10. The maximum atomic E-state index is 5.58. The summed E-state index contributed by atoms with van der Waals surface area (Å²) in [7, 11) is 0. The maximum Gasteiger partial charge on any atom is 0.151 e. The van der Waals surface area contributed by atoms with E-state index in [1.54, 1.807) is 23.6 Å². The van der Waals surface area contributed by atoms with Gasteiger partial charge in [0.05, 0.1) is 5.37 Å². The Morgan fingerprint density at radius 1 is 1.90 bits per heavy atom.